The van der Waals surface area contributed by atoms with Gasteiger partial charge in [-0.1, -0.05) is 29.7 Å². The molecule has 7 nitrogen and oxygen atoms in total. The van der Waals surface area contributed by atoms with Crippen molar-refractivity contribution in [1.29, 1.82) is 0 Å². The molecule has 0 amide bonds. The van der Waals surface area contributed by atoms with Crippen LogP contribution in [0.1, 0.15) is 12.5 Å². The summed E-state index contributed by atoms with van der Waals surface area (Å²) in [5.74, 6) is -0.0575. The highest BCUT2D eigenvalue weighted by Crippen LogP contribution is 2.15. The van der Waals surface area contributed by atoms with Gasteiger partial charge < -0.3 is 9.47 Å². The van der Waals surface area contributed by atoms with E-state index in [-0.39, 0.29) is 11.7 Å². The minimum atomic E-state index is -3.29. The van der Waals surface area contributed by atoms with Gasteiger partial charge in [0.2, 0.25) is 0 Å². The summed E-state index contributed by atoms with van der Waals surface area (Å²) < 4.78 is 35.1. The fourth-order valence-electron chi connectivity index (χ4n) is 1.92. The third-order valence-electron chi connectivity index (χ3n) is 3.06. The fraction of sp³-hybridized carbons (Fsp3) is 0.600. The van der Waals surface area contributed by atoms with Crippen LogP contribution in [-0.4, -0.2) is 47.1 Å². The molecule has 0 aliphatic rings. The Balaban J connectivity index is 2.26. The summed E-state index contributed by atoms with van der Waals surface area (Å²) in [4.78, 5) is 2.96. The van der Waals surface area contributed by atoms with E-state index in [0.717, 1.165) is 5.56 Å². The van der Waals surface area contributed by atoms with E-state index in [1.54, 1.807) is 24.3 Å². The van der Waals surface area contributed by atoms with Gasteiger partial charge in [-0.25, -0.2) is 8.42 Å². The second-order valence-electron chi connectivity index (χ2n) is 5.34. The zero-order valence-electron chi connectivity index (χ0n) is 13.5. The molecule has 128 valence electrons. The van der Waals surface area contributed by atoms with Gasteiger partial charge in [0.25, 0.3) is 0 Å². The van der Waals surface area contributed by atoms with Crippen LogP contribution < -0.4 is 0 Å². The van der Waals surface area contributed by atoms with E-state index >= 15 is 0 Å². The maximum Gasteiger partial charge on any atom is 0.178 e. The first-order chi connectivity index (χ1) is 11.0. The van der Waals surface area contributed by atoms with Crippen LogP contribution in [0.2, 0.25) is 0 Å². The molecule has 0 aliphatic carbocycles. The zero-order valence-corrected chi connectivity index (χ0v) is 14.3. The average Bonchev–Trinajstić information content (AvgIpc) is 2.50. The molecule has 1 aromatic rings. The molecule has 1 rings (SSSR count). The Bertz CT molecular complexity index is 610. The number of azide groups is 1. The van der Waals surface area contributed by atoms with Gasteiger partial charge in [-0.2, -0.15) is 0 Å². The quantitative estimate of drug-likeness (QED) is 0.267. The second-order valence-corrected chi connectivity index (χ2v) is 7.38. The van der Waals surface area contributed by atoms with Crippen molar-refractivity contribution >= 4 is 9.84 Å². The highest BCUT2D eigenvalue weighted by atomic mass is 32.2. The number of nitrogens with zero attached hydrogens (tertiary/aromatic N) is 3. The van der Waals surface area contributed by atoms with Crippen molar-refractivity contribution in [3.63, 3.8) is 0 Å². The van der Waals surface area contributed by atoms with Crippen LogP contribution in [-0.2, 0) is 19.3 Å². The lowest BCUT2D eigenvalue weighted by molar-refractivity contribution is 0.0407. The van der Waals surface area contributed by atoms with E-state index in [9.17, 15) is 8.42 Å². The minimum absolute atomic E-state index is 0.0494. The summed E-state index contributed by atoms with van der Waals surface area (Å²) in [6.07, 6.45) is 0. The van der Waals surface area contributed by atoms with Crippen LogP contribution in [0.25, 0.3) is 10.4 Å². The van der Waals surface area contributed by atoms with Gasteiger partial charge in [0, 0.05) is 11.5 Å². The van der Waals surface area contributed by atoms with Crippen molar-refractivity contribution in [2.75, 3.05) is 38.7 Å². The van der Waals surface area contributed by atoms with Crippen LogP contribution in [0.4, 0.5) is 0 Å². The molecule has 0 saturated heterocycles. The van der Waals surface area contributed by atoms with Crippen LogP contribution in [0, 0.1) is 12.8 Å². The van der Waals surface area contributed by atoms with Gasteiger partial charge in [0.05, 0.1) is 37.1 Å². The number of hydrogen-bond acceptors (Lipinski definition) is 5. The van der Waals surface area contributed by atoms with Gasteiger partial charge in [0.15, 0.2) is 9.84 Å². The molecule has 8 heteroatoms. The number of rotatable bonds is 11. The van der Waals surface area contributed by atoms with E-state index < -0.39 is 9.84 Å². The number of aryl methyl sites for hydroxylation is 1. The topological polar surface area (TPSA) is 101 Å². The van der Waals surface area contributed by atoms with Gasteiger partial charge in [-0.05, 0) is 30.5 Å². The Morgan fingerprint density at radius 3 is 2.48 bits per heavy atom. The van der Waals surface area contributed by atoms with E-state index in [1.165, 1.54) is 0 Å². The SMILES string of the molecule is Cc1ccc(S(=O)(=O)C[C@@H](C)COCCOCCN=[N+]=[N-])cc1. The zero-order chi connectivity index (χ0) is 17.1. The van der Waals surface area contributed by atoms with E-state index in [2.05, 4.69) is 10.0 Å². The predicted molar refractivity (Wildman–Crippen MR) is 88.0 cm³/mol. The lowest BCUT2D eigenvalue weighted by atomic mass is 10.2. The third kappa shape index (κ3) is 7.99. The molecule has 1 atom stereocenters. The van der Waals surface area contributed by atoms with Crippen molar-refractivity contribution in [2.45, 2.75) is 18.7 Å². The standard InChI is InChI=1S/C15H23N3O4S/c1-13-3-5-15(6-4-13)23(19,20)12-14(2)11-22-10-9-21-8-7-17-18-16/h3-6,14H,7-12H2,1-2H3/t14-/m0/s1. The third-order valence-corrected chi connectivity index (χ3v) is 5.06. The Kier molecular flexibility index (Phi) is 8.65. The fourth-order valence-corrected chi connectivity index (χ4v) is 3.51. The maximum absolute atomic E-state index is 12.3. The Hall–Kier alpha value is -1.60. The molecule has 0 bridgehead atoms. The van der Waals surface area contributed by atoms with Crippen molar-refractivity contribution in [2.24, 2.45) is 11.0 Å². The first-order valence-corrected chi connectivity index (χ1v) is 9.06. The molecular weight excluding hydrogens is 318 g/mol. The number of sulfone groups is 1. The largest absolute Gasteiger partial charge is 0.379 e. The van der Waals surface area contributed by atoms with Crippen LogP contribution in [0.15, 0.2) is 34.3 Å². The van der Waals surface area contributed by atoms with E-state index in [0.29, 0.717) is 37.9 Å². The summed E-state index contributed by atoms with van der Waals surface area (Å²) in [7, 11) is -3.29. The van der Waals surface area contributed by atoms with Crippen LogP contribution in [0.3, 0.4) is 0 Å². The summed E-state index contributed by atoms with van der Waals surface area (Å²) in [5, 5.41) is 3.34. The minimum Gasteiger partial charge on any atom is -0.379 e. The van der Waals surface area contributed by atoms with Gasteiger partial charge in [-0.15, -0.1) is 0 Å². The summed E-state index contributed by atoms with van der Waals surface area (Å²) in [5.41, 5.74) is 9.11. The average molecular weight is 341 g/mol. The Morgan fingerprint density at radius 1 is 1.17 bits per heavy atom. The van der Waals surface area contributed by atoms with E-state index in [4.69, 9.17) is 15.0 Å². The summed E-state index contributed by atoms with van der Waals surface area (Å²) in [6, 6.07) is 6.86. The summed E-state index contributed by atoms with van der Waals surface area (Å²) >= 11 is 0. The Morgan fingerprint density at radius 2 is 1.83 bits per heavy atom. The molecule has 0 aromatic heterocycles. The summed E-state index contributed by atoms with van der Waals surface area (Å²) in [6.45, 7) is 5.52. The predicted octanol–water partition coefficient (Wildman–Crippen LogP) is 2.75. The van der Waals surface area contributed by atoms with Gasteiger partial charge in [-0.3, -0.25) is 0 Å². The molecular formula is C15H23N3O4S. The lowest BCUT2D eigenvalue weighted by Gasteiger charge is -2.13. The number of benzene rings is 1. The Labute approximate surface area is 137 Å². The monoisotopic (exact) mass is 341 g/mol. The van der Waals surface area contributed by atoms with Crippen LogP contribution >= 0.6 is 0 Å². The molecule has 23 heavy (non-hydrogen) atoms. The first-order valence-electron chi connectivity index (χ1n) is 7.41. The van der Waals surface area contributed by atoms with E-state index in [1.807, 2.05) is 13.8 Å². The molecule has 0 fully saturated rings. The molecule has 0 spiro atoms. The highest BCUT2D eigenvalue weighted by molar-refractivity contribution is 7.91. The molecule has 0 saturated carbocycles. The smallest absolute Gasteiger partial charge is 0.178 e. The maximum atomic E-state index is 12.3. The first kappa shape index (κ1) is 19.4. The lowest BCUT2D eigenvalue weighted by Crippen LogP contribution is -2.19. The van der Waals surface area contributed by atoms with Gasteiger partial charge in [0.1, 0.15) is 0 Å². The van der Waals surface area contributed by atoms with Crippen molar-refractivity contribution in [3.05, 3.63) is 40.3 Å². The molecule has 0 N–H and O–H groups in total. The van der Waals surface area contributed by atoms with Crippen molar-refractivity contribution < 1.29 is 17.9 Å². The highest BCUT2D eigenvalue weighted by Gasteiger charge is 2.18. The number of hydrogen-bond donors (Lipinski definition) is 0. The molecule has 0 heterocycles. The molecule has 1 aromatic carbocycles. The van der Waals surface area contributed by atoms with Crippen molar-refractivity contribution in [1.82, 2.24) is 0 Å². The molecule has 0 radical (unpaired) electrons. The normalized spacial score (nSPS) is 12.6. The molecule has 0 aliphatic heterocycles. The molecule has 0 unspecified atom stereocenters. The van der Waals surface area contributed by atoms with Gasteiger partial charge >= 0.3 is 0 Å². The van der Waals surface area contributed by atoms with Crippen LogP contribution in [0.5, 0.6) is 0 Å². The second kappa shape index (κ2) is 10.2. The van der Waals surface area contributed by atoms with Crippen molar-refractivity contribution in [3.8, 4) is 0 Å². The number of ether oxygens (including phenoxy) is 2.